The topological polar surface area (TPSA) is 80.7 Å². The van der Waals surface area contributed by atoms with Gasteiger partial charge in [-0.25, -0.2) is 4.79 Å². The fraction of sp³-hybridized carbons (Fsp3) is 0.357. The fourth-order valence-corrected chi connectivity index (χ4v) is 1.80. The van der Waals surface area contributed by atoms with E-state index >= 15 is 0 Å². The first-order chi connectivity index (χ1) is 9.36. The number of ketones is 1. The predicted molar refractivity (Wildman–Crippen MR) is 73.4 cm³/mol. The zero-order valence-corrected chi connectivity index (χ0v) is 11.9. The average Bonchev–Trinajstić information content (AvgIpc) is 2.37. The monoisotopic (exact) mass is 298 g/mol. The van der Waals surface area contributed by atoms with Crippen molar-refractivity contribution in [3.8, 4) is 0 Å². The number of carboxylic acids is 1. The Bertz CT molecular complexity index is 536. The highest BCUT2D eigenvalue weighted by molar-refractivity contribution is 6.34. The van der Waals surface area contributed by atoms with Gasteiger partial charge in [0.15, 0.2) is 5.78 Å². The van der Waals surface area contributed by atoms with Crippen LogP contribution in [0.4, 0.5) is 0 Å². The molecule has 5 nitrogen and oxygen atoms in total. The summed E-state index contributed by atoms with van der Waals surface area (Å²) >= 11 is 5.74. The van der Waals surface area contributed by atoms with Gasteiger partial charge in [0.1, 0.15) is 0 Å². The van der Waals surface area contributed by atoms with E-state index in [1.54, 1.807) is 6.92 Å². The lowest BCUT2D eigenvalue weighted by Gasteiger charge is -2.11. The minimum Gasteiger partial charge on any atom is -0.481 e. The normalized spacial score (nSPS) is 11.8. The van der Waals surface area contributed by atoms with Crippen molar-refractivity contribution in [3.63, 3.8) is 0 Å². The van der Waals surface area contributed by atoms with Crippen LogP contribution in [0.25, 0.3) is 0 Å². The summed E-state index contributed by atoms with van der Waals surface area (Å²) in [5.74, 6) is -2.10. The molecule has 1 unspecified atom stereocenters. The van der Waals surface area contributed by atoms with Gasteiger partial charge in [-0.2, -0.15) is 0 Å². The molecule has 0 aliphatic heterocycles. The van der Waals surface area contributed by atoms with E-state index in [1.165, 1.54) is 25.1 Å². The molecule has 0 saturated heterocycles. The maximum absolute atomic E-state index is 12.0. The molecule has 1 aromatic carbocycles. The van der Waals surface area contributed by atoms with Crippen molar-refractivity contribution in [3.05, 3.63) is 34.9 Å². The molecular weight excluding hydrogens is 284 g/mol. The van der Waals surface area contributed by atoms with E-state index in [1.807, 2.05) is 0 Å². The highest BCUT2D eigenvalue weighted by atomic mass is 35.5. The van der Waals surface area contributed by atoms with Gasteiger partial charge in [-0.05, 0) is 25.5 Å². The fourth-order valence-electron chi connectivity index (χ4n) is 1.68. The van der Waals surface area contributed by atoms with E-state index in [9.17, 15) is 14.4 Å². The molecular formula is C14H15ClO5. The molecule has 0 aliphatic rings. The lowest BCUT2D eigenvalue weighted by molar-refractivity contribution is -0.136. The van der Waals surface area contributed by atoms with Crippen LogP contribution in [0, 0.1) is 0 Å². The summed E-state index contributed by atoms with van der Waals surface area (Å²) in [4.78, 5) is 34.5. The SMILES string of the molecule is CCOC(=O)c1cc(CC(=O)O)ccc1C(=O)C(C)Cl. The number of Topliss-reactive ketones (excluding diaryl/α,β-unsaturated/α-hetero) is 1. The van der Waals surface area contributed by atoms with Crippen molar-refractivity contribution in [1.82, 2.24) is 0 Å². The van der Waals surface area contributed by atoms with Gasteiger partial charge >= 0.3 is 11.9 Å². The summed E-state index contributed by atoms with van der Waals surface area (Å²) in [7, 11) is 0. The van der Waals surface area contributed by atoms with Gasteiger partial charge in [0.25, 0.3) is 0 Å². The van der Waals surface area contributed by atoms with Crippen LogP contribution in [0.15, 0.2) is 18.2 Å². The van der Waals surface area contributed by atoms with Crippen molar-refractivity contribution in [2.45, 2.75) is 25.6 Å². The Hall–Kier alpha value is -1.88. The zero-order chi connectivity index (χ0) is 15.3. The summed E-state index contributed by atoms with van der Waals surface area (Å²) < 4.78 is 4.88. The van der Waals surface area contributed by atoms with Crippen LogP contribution in [-0.4, -0.2) is 34.8 Å². The van der Waals surface area contributed by atoms with Gasteiger partial charge < -0.3 is 9.84 Å². The van der Waals surface area contributed by atoms with Crippen LogP contribution in [0.5, 0.6) is 0 Å². The van der Waals surface area contributed by atoms with E-state index < -0.39 is 23.1 Å². The van der Waals surface area contributed by atoms with Crippen LogP contribution in [-0.2, 0) is 16.0 Å². The lowest BCUT2D eigenvalue weighted by atomic mass is 9.98. The molecule has 0 saturated carbocycles. The summed E-state index contributed by atoms with van der Waals surface area (Å²) in [5, 5.41) is 7.98. The van der Waals surface area contributed by atoms with Crippen LogP contribution in [0.1, 0.15) is 40.1 Å². The van der Waals surface area contributed by atoms with Crippen molar-refractivity contribution < 1.29 is 24.2 Å². The summed E-state index contributed by atoms with van der Waals surface area (Å²) in [6, 6.07) is 4.26. The first-order valence-electron chi connectivity index (χ1n) is 6.07. The number of rotatable bonds is 6. The van der Waals surface area contributed by atoms with Gasteiger partial charge in [0.05, 0.1) is 24.0 Å². The van der Waals surface area contributed by atoms with Crippen LogP contribution < -0.4 is 0 Å². The van der Waals surface area contributed by atoms with Gasteiger partial charge in [-0.15, -0.1) is 11.6 Å². The number of aliphatic carboxylic acids is 1. The molecule has 1 atom stereocenters. The predicted octanol–water partition coefficient (Wildman–Crippen LogP) is 2.30. The van der Waals surface area contributed by atoms with E-state index in [0.29, 0.717) is 5.56 Å². The van der Waals surface area contributed by atoms with Gasteiger partial charge in [-0.1, -0.05) is 12.1 Å². The third kappa shape index (κ3) is 4.06. The molecule has 1 aromatic rings. The first kappa shape index (κ1) is 16.2. The Kier molecular flexibility index (Phi) is 5.70. The van der Waals surface area contributed by atoms with Gasteiger partial charge in [-0.3, -0.25) is 9.59 Å². The van der Waals surface area contributed by atoms with Crippen molar-refractivity contribution in [1.29, 1.82) is 0 Å². The quantitative estimate of drug-likeness (QED) is 0.495. The molecule has 0 amide bonds. The number of hydrogen-bond acceptors (Lipinski definition) is 4. The van der Waals surface area contributed by atoms with Crippen molar-refractivity contribution >= 4 is 29.3 Å². The van der Waals surface area contributed by atoms with Gasteiger partial charge in [0.2, 0.25) is 0 Å². The van der Waals surface area contributed by atoms with Crippen molar-refractivity contribution in [2.24, 2.45) is 0 Å². The van der Waals surface area contributed by atoms with Crippen LogP contribution in [0.3, 0.4) is 0 Å². The number of halogens is 1. The third-order valence-electron chi connectivity index (χ3n) is 2.56. The smallest absolute Gasteiger partial charge is 0.338 e. The zero-order valence-electron chi connectivity index (χ0n) is 11.2. The second kappa shape index (κ2) is 7.05. The number of esters is 1. The number of benzene rings is 1. The number of ether oxygens (including phenoxy) is 1. The van der Waals surface area contributed by atoms with Gasteiger partial charge in [0, 0.05) is 5.56 Å². The Morgan fingerprint density at radius 1 is 1.30 bits per heavy atom. The molecule has 1 N–H and O–H groups in total. The maximum Gasteiger partial charge on any atom is 0.338 e. The van der Waals surface area contributed by atoms with Crippen molar-refractivity contribution in [2.75, 3.05) is 6.61 Å². The van der Waals surface area contributed by atoms with Crippen LogP contribution in [0.2, 0.25) is 0 Å². The highest BCUT2D eigenvalue weighted by Gasteiger charge is 2.22. The number of alkyl halides is 1. The molecule has 0 radical (unpaired) electrons. The molecule has 6 heteroatoms. The molecule has 0 heterocycles. The number of carboxylic acid groups (broad SMARTS) is 1. The highest BCUT2D eigenvalue weighted by Crippen LogP contribution is 2.18. The Morgan fingerprint density at radius 2 is 1.95 bits per heavy atom. The van der Waals surface area contributed by atoms with E-state index in [-0.39, 0.29) is 24.2 Å². The second-order valence-electron chi connectivity index (χ2n) is 4.15. The first-order valence-corrected chi connectivity index (χ1v) is 6.50. The maximum atomic E-state index is 12.0. The molecule has 1 rings (SSSR count). The minimum atomic E-state index is -1.02. The minimum absolute atomic E-state index is 0.0445. The number of hydrogen-bond donors (Lipinski definition) is 1. The number of carbonyl (C=O) groups excluding carboxylic acids is 2. The summed E-state index contributed by atoms with van der Waals surface area (Å²) in [6.45, 7) is 3.31. The third-order valence-corrected chi connectivity index (χ3v) is 2.76. The molecule has 108 valence electrons. The van der Waals surface area contributed by atoms with E-state index in [0.717, 1.165) is 0 Å². The van der Waals surface area contributed by atoms with E-state index in [4.69, 9.17) is 21.4 Å². The Labute approximate surface area is 121 Å². The number of carbonyl (C=O) groups is 3. The lowest BCUT2D eigenvalue weighted by Crippen LogP contribution is -2.18. The summed E-state index contributed by atoms with van der Waals surface area (Å²) in [5.41, 5.74) is 0.600. The molecule has 0 fully saturated rings. The average molecular weight is 299 g/mol. The van der Waals surface area contributed by atoms with Crippen LogP contribution >= 0.6 is 11.6 Å². The Balaban J connectivity index is 3.26. The molecule has 20 heavy (non-hydrogen) atoms. The second-order valence-corrected chi connectivity index (χ2v) is 4.81. The Morgan fingerprint density at radius 3 is 2.45 bits per heavy atom. The standard InChI is InChI=1S/C14H15ClO5/c1-3-20-14(19)11-6-9(7-12(16)17)4-5-10(11)13(18)8(2)15/h4-6,8H,3,7H2,1-2H3,(H,16,17). The molecule has 0 spiro atoms. The van der Waals surface area contributed by atoms with E-state index in [2.05, 4.69) is 0 Å². The molecule has 0 aliphatic carbocycles. The largest absolute Gasteiger partial charge is 0.481 e. The summed E-state index contributed by atoms with van der Waals surface area (Å²) in [6.07, 6.45) is -0.239. The molecule has 0 bridgehead atoms. The molecule has 0 aromatic heterocycles.